The number of amides is 1. The summed E-state index contributed by atoms with van der Waals surface area (Å²) >= 11 is 0. The fourth-order valence-corrected chi connectivity index (χ4v) is 4.42. The summed E-state index contributed by atoms with van der Waals surface area (Å²) < 4.78 is 70.0. The molecule has 2 aromatic rings. The van der Waals surface area contributed by atoms with Gasteiger partial charge in [-0.2, -0.15) is 18.3 Å². The molecule has 34 heavy (non-hydrogen) atoms. The number of carbonyl (C=O) groups is 1. The molecule has 184 valence electrons. The lowest BCUT2D eigenvalue weighted by molar-refractivity contribution is -0.141. The van der Waals surface area contributed by atoms with Crippen LogP contribution in [0.4, 0.5) is 27.9 Å². The lowest BCUT2D eigenvalue weighted by Crippen LogP contribution is -2.53. The molecule has 0 radical (unpaired) electrons. The van der Waals surface area contributed by atoms with Crippen molar-refractivity contribution in [2.75, 3.05) is 37.6 Å². The molecule has 0 spiro atoms. The van der Waals surface area contributed by atoms with Crippen molar-refractivity contribution in [2.45, 2.75) is 50.4 Å². The van der Waals surface area contributed by atoms with Crippen LogP contribution in [0.3, 0.4) is 0 Å². The van der Waals surface area contributed by atoms with Gasteiger partial charge < -0.3 is 15.1 Å². The largest absolute Gasteiger partial charge is 0.433 e. The first-order valence-corrected chi connectivity index (χ1v) is 11.3. The second-order valence-electron chi connectivity index (χ2n) is 8.85. The maximum absolute atomic E-state index is 14.0. The van der Waals surface area contributed by atoms with Gasteiger partial charge in [0.15, 0.2) is 5.69 Å². The molecule has 0 unspecified atom stereocenters. The predicted octanol–water partition coefficient (Wildman–Crippen LogP) is 2.51. The van der Waals surface area contributed by atoms with E-state index in [9.17, 15) is 26.7 Å². The number of aromatic nitrogens is 4. The number of rotatable bonds is 6. The summed E-state index contributed by atoms with van der Waals surface area (Å²) in [5, 5.41) is 7.33. The zero-order chi connectivity index (χ0) is 24.0. The SMILES string of the molecule is O=C(Cn1cc(-c2nc(N3CC[C@@H]3C(F)F)nc(C(F)(F)F)c2C2CC2)cn1)N1CCNCC1. The maximum atomic E-state index is 14.0. The van der Waals surface area contributed by atoms with E-state index in [0.717, 1.165) is 4.90 Å². The average Bonchev–Trinajstić information content (AvgIpc) is 3.50. The second-order valence-corrected chi connectivity index (χ2v) is 8.85. The zero-order valence-corrected chi connectivity index (χ0v) is 18.2. The molecule has 4 heterocycles. The van der Waals surface area contributed by atoms with E-state index in [4.69, 9.17) is 0 Å². The third-order valence-corrected chi connectivity index (χ3v) is 6.48. The minimum atomic E-state index is -4.76. The number of nitrogens with zero attached hydrogens (tertiary/aromatic N) is 6. The summed E-state index contributed by atoms with van der Waals surface area (Å²) in [6, 6.07) is -1.21. The lowest BCUT2D eigenvalue weighted by Gasteiger charge is -2.40. The molecule has 3 aliphatic rings. The molecule has 0 bridgehead atoms. The minimum Gasteiger partial charge on any atom is -0.339 e. The molecule has 5 rings (SSSR count). The molecule has 0 aromatic carbocycles. The van der Waals surface area contributed by atoms with Gasteiger partial charge >= 0.3 is 6.18 Å². The number of hydrogen-bond donors (Lipinski definition) is 1. The van der Waals surface area contributed by atoms with Crippen molar-refractivity contribution in [1.29, 1.82) is 0 Å². The van der Waals surface area contributed by atoms with Crippen LogP contribution in [0, 0.1) is 0 Å². The van der Waals surface area contributed by atoms with Crippen molar-refractivity contribution in [3.05, 3.63) is 23.7 Å². The van der Waals surface area contributed by atoms with E-state index in [1.807, 2.05) is 0 Å². The van der Waals surface area contributed by atoms with E-state index in [1.165, 1.54) is 17.1 Å². The fraction of sp³-hybridized carbons (Fsp3) is 0.619. The standard InChI is InChI=1S/C21H24F5N7O/c22-19(23)14-3-6-33(14)20-29-17(16(12-1-2-12)18(30-20)21(24,25)26)13-9-28-32(10-13)11-15(34)31-7-4-27-5-8-31/h9-10,12,14,19,27H,1-8,11H2/t14-/m1/s1. The van der Waals surface area contributed by atoms with Gasteiger partial charge in [0.25, 0.3) is 6.43 Å². The monoisotopic (exact) mass is 485 g/mol. The van der Waals surface area contributed by atoms with Crippen LogP contribution >= 0.6 is 0 Å². The Hall–Kier alpha value is -2.83. The molecule has 8 nitrogen and oxygen atoms in total. The van der Waals surface area contributed by atoms with Crippen molar-refractivity contribution in [2.24, 2.45) is 0 Å². The molecular formula is C21H24F5N7O. The summed E-state index contributed by atoms with van der Waals surface area (Å²) in [4.78, 5) is 23.4. The number of hydrogen-bond acceptors (Lipinski definition) is 6. The third-order valence-electron chi connectivity index (χ3n) is 6.48. The fourth-order valence-electron chi connectivity index (χ4n) is 4.42. The number of piperazine rings is 1. The van der Waals surface area contributed by atoms with Gasteiger partial charge in [0.05, 0.1) is 17.9 Å². The molecule has 2 aromatic heterocycles. The number of carbonyl (C=O) groups excluding carboxylic acids is 1. The van der Waals surface area contributed by atoms with E-state index in [-0.39, 0.29) is 48.5 Å². The van der Waals surface area contributed by atoms with E-state index in [1.54, 1.807) is 4.90 Å². The van der Waals surface area contributed by atoms with Gasteiger partial charge in [-0.1, -0.05) is 0 Å². The summed E-state index contributed by atoms with van der Waals surface area (Å²) in [7, 11) is 0. The van der Waals surface area contributed by atoms with Crippen LogP contribution in [0.15, 0.2) is 12.4 Å². The Labute approximate surface area is 192 Å². The van der Waals surface area contributed by atoms with Crippen molar-refractivity contribution < 1.29 is 26.7 Å². The molecule has 2 saturated heterocycles. The van der Waals surface area contributed by atoms with Crippen molar-refractivity contribution in [3.8, 4) is 11.3 Å². The number of alkyl halides is 5. The summed E-state index contributed by atoms with van der Waals surface area (Å²) in [6.07, 6.45) is -3.33. The van der Waals surface area contributed by atoms with E-state index in [0.29, 0.717) is 44.6 Å². The highest BCUT2D eigenvalue weighted by Gasteiger charge is 2.45. The van der Waals surface area contributed by atoms with Crippen molar-refractivity contribution >= 4 is 11.9 Å². The molecular weight excluding hydrogens is 461 g/mol. The highest BCUT2D eigenvalue weighted by Crippen LogP contribution is 2.49. The summed E-state index contributed by atoms with van der Waals surface area (Å²) in [6.45, 7) is 2.64. The Morgan fingerprint density at radius 3 is 2.44 bits per heavy atom. The smallest absolute Gasteiger partial charge is 0.339 e. The average molecular weight is 485 g/mol. The highest BCUT2D eigenvalue weighted by atomic mass is 19.4. The summed E-state index contributed by atoms with van der Waals surface area (Å²) in [5.41, 5.74) is -0.767. The molecule has 1 N–H and O–H groups in total. The van der Waals surface area contributed by atoms with Crippen molar-refractivity contribution in [3.63, 3.8) is 0 Å². The van der Waals surface area contributed by atoms with Crippen LogP contribution in [0.25, 0.3) is 11.3 Å². The quantitative estimate of drug-likeness (QED) is 0.634. The van der Waals surface area contributed by atoms with Gasteiger partial charge in [0, 0.05) is 50.0 Å². The first-order chi connectivity index (χ1) is 16.2. The van der Waals surface area contributed by atoms with Crippen molar-refractivity contribution in [1.82, 2.24) is 30.0 Å². The first-order valence-electron chi connectivity index (χ1n) is 11.3. The van der Waals surface area contributed by atoms with Crippen LogP contribution < -0.4 is 10.2 Å². The molecule has 1 atom stereocenters. The predicted molar refractivity (Wildman–Crippen MR) is 111 cm³/mol. The number of anilines is 1. The van der Waals surface area contributed by atoms with Crippen LogP contribution in [0.1, 0.15) is 36.4 Å². The molecule has 13 heteroatoms. The molecule has 2 aliphatic heterocycles. The normalized spacial score (nSPS) is 21.2. The van der Waals surface area contributed by atoms with Gasteiger partial charge in [-0.05, 0) is 25.2 Å². The minimum absolute atomic E-state index is 0.0293. The Bertz CT molecular complexity index is 1060. The zero-order valence-electron chi connectivity index (χ0n) is 18.2. The number of nitrogens with one attached hydrogen (secondary N) is 1. The molecule has 1 amide bonds. The third kappa shape index (κ3) is 4.44. The van der Waals surface area contributed by atoms with Crippen LogP contribution in [0.5, 0.6) is 0 Å². The van der Waals surface area contributed by atoms with Gasteiger partial charge in [0.2, 0.25) is 11.9 Å². The van der Waals surface area contributed by atoms with Gasteiger partial charge in [-0.15, -0.1) is 0 Å². The highest BCUT2D eigenvalue weighted by molar-refractivity contribution is 5.76. The Morgan fingerprint density at radius 2 is 1.85 bits per heavy atom. The van der Waals surface area contributed by atoms with Crippen LogP contribution in [-0.4, -0.2) is 75.7 Å². The molecule has 1 aliphatic carbocycles. The molecule has 1 saturated carbocycles. The maximum Gasteiger partial charge on any atom is 0.433 e. The Kier molecular flexibility index (Phi) is 5.90. The summed E-state index contributed by atoms with van der Waals surface area (Å²) in [5.74, 6) is -0.847. The van der Waals surface area contributed by atoms with Crippen LogP contribution in [-0.2, 0) is 17.5 Å². The lowest BCUT2D eigenvalue weighted by atomic mass is 10.0. The first kappa shape index (κ1) is 22.9. The van der Waals surface area contributed by atoms with E-state index < -0.39 is 24.3 Å². The second kappa shape index (κ2) is 8.75. The molecule has 3 fully saturated rings. The van der Waals surface area contributed by atoms with E-state index >= 15 is 0 Å². The van der Waals surface area contributed by atoms with Crippen LogP contribution in [0.2, 0.25) is 0 Å². The Morgan fingerprint density at radius 1 is 1.12 bits per heavy atom. The topological polar surface area (TPSA) is 79.2 Å². The van der Waals surface area contributed by atoms with Gasteiger partial charge in [0.1, 0.15) is 6.54 Å². The van der Waals surface area contributed by atoms with E-state index in [2.05, 4.69) is 20.4 Å². The van der Waals surface area contributed by atoms with Gasteiger partial charge in [-0.25, -0.2) is 18.7 Å². The van der Waals surface area contributed by atoms with Gasteiger partial charge in [-0.3, -0.25) is 9.48 Å². The number of halogens is 5. The Balaban J connectivity index is 1.50.